The molecule has 0 fully saturated rings. The first-order chi connectivity index (χ1) is 12.2. The van der Waals surface area contributed by atoms with Crippen molar-refractivity contribution in [2.45, 2.75) is 18.7 Å². The fourth-order valence-electron chi connectivity index (χ4n) is 2.34. The lowest BCUT2D eigenvalue weighted by Crippen LogP contribution is -2.30. The summed E-state index contributed by atoms with van der Waals surface area (Å²) in [5.74, 6) is -3.16. The maximum Gasteiger partial charge on any atom is 0.257 e. The summed E-state index contributed by atoms with van der Waals surface area (Å²) in [4.78, 5) is 12.3. The van der Waals surface area contributed by atoms with E-state index in [1.807, 2.05) is 0 Å². The molecule has 0 aliphatic heterocycles. The highest BCUT2D eigenvalue weighted by atomic mass is 35.5. The number of carbonyl (C=O) groups is 1. The zero-order valence-corrected chi connectivity index (χ0v) is 15.7. The van der Waals surface area contributed by atoms with Crippen LogP contribution in [-0.4, -0.2) is 31.7 Å². The predicted molar refractivity (Wildman–Crippen MR) is 95.9 cm³/mol. The van der Waals surface area contributed by atoms with E-state index in [1.54, 1.807) is 13.8 Å². The van der Waals surface area contributed by atoms with Gasteiger partial charge in [0.1, 0.15) is 0 Å². The molecule has 0 aliphatic carbocycles. The molecule has 0 radical (unpaired) electrons. The molecule has 0 aromatic heterocycles. The predicted octanol–water partition coefficient (Wildman–Crippen LogP) is 3.90. The first-order valence-corrected chi connectivity index (χ1v) is 9.58. The molecule has 2 rings (SSSR count). The molecular formula is C17H17ClF2N2O3S. The first kappa shape index (κ1) is 20.3. The molecule has 26 heavy (non-hydrogen) atoms. The molecular weight excluding hydrogens is 386 g/mol. The van der Waals surface area contributed by atoms with Gasteiger partial charge in [-0.15, -0.1) is 0 Å². The number of hydrogen-bond donors (Lipinski definition) is 1. The van der Waals surface area contributed by atoms with Gasteiger partial charge in [-0.3, -0.25) is 4.79 Å². The second kappa shape index (κ2) is 8.11. The maximum absolute atomic E-state index is 13.3. The van der Waals surface area contributed by atoms with Gasteiger partial charge in [-0.1, -0.05) is 31.5 Å². The van der Waals surface area contributed by atoms with Crippen molar-refractivity contribution < 1.29 is 22.0 Å². The zero-order chi connectivity index (χ0) is 19.5. The van der Waals surface area contributed by atoms with Crippen molar-refractivity contribution in [3.63, 3.8) is 0 Å². The van der Waals surface area contributed by atoms with Crippen molar-refractivity contribution in [3.8, 4) is 0 Å². The Kier molecular flexibility index (Phi) is 6.33. The number of rotatable bonds is 6. The van der Waals surface area contributed by atoms with E-state index in [0.717, 1.165) is 0 Å². The van der Waals surface area contributed by atoms with Gasteiger partial charge >= 0.3 is 0 Å². The van der Waals surface area contributed by atoms with E-state index >= 15 is 0 Å². The molecule has 0 heterocycles. The third kappa shape index (κ3) is 4.20. The second-order valence-corrected chi connectivity index (χ2v) is 7.66. The summed E-state index contributed by atoms with van der Waals surface area (Å²) >= 11 is 5.78. The number of benzene rings is 2. The number of amides is 1. The van der Waals surface area contributed by atoms with Crippen LogP contribution in [-0.2, 0) is 10.0 Å². The van der Waals surface area contributed by atoms with Crippen molar-refractivity contribution in [2.24, 2.45) is 0 Å². The van der Waals surface area contributed by atoms with Crippen molar-refractivity contribution >= 4 is 33.2 Å². The second-order valence-electron chi connectivity index (χ2n) is 5.32. The molecule has 9 heteroatoms. The summed E-state index contributed by atoms with van der Waals surface area (Å²) in [6.45, 7) is 4.05. The van der Waals surface area contributed by atoms with Crippen molar-refractivity contribution in [1.82, 2.24) is 4.31 Å². The van der Waals surface area contributed by atoms with E-state index in [2.05, 4.69) is 5.32 Å². The van der Waals surface area contributed by atoms with Gasteiger partial charge in [-0.05, 0) is 30.3 Å². The van der Waals surface area contributed by atoms with E-state index in [9.17, 15) is 22.0 Å². The normalized spacial score (nSPS) is 11.6. The fraction of sp³-hybridized carbons (Fsp3) is 0.235. The molecule has 0 bridgehead atoms. The average Bonchev–Trinajstić information content (AvgIpc) is 2.59. The Labute approximate surface area is 155 Å². The van der Waals surface area contributed by atoms with Crippen LogP contribution in [0.3, 0.4) is 0 Å². The van der Waals surface area contributed by atoms with Crippen LogP contribution in [0.1, 0.15) is 24.2 Å². The molecule has 1 N–H and O–H groups in total. The largest absolute Gasteiger partial charge is 0.322 e. The monoisotopic (exact) mass is 402 g/mol. The number of nitrogens with one attached hydrogen (secondary N) is 1. The zero-order valence-electron chi connectivity index (χ0n) is 14.1. The first-order valence-electron chi connectivity index (χ1n) is 7.76. The minimum Gasteiger partial charge on any atom is -0.322 e. The lowest BCUT2D eigenvalue weighted by atomic mass is 10.2. The van der Waals surface area contributed by atoms with Crippen LogP contribution in [0.25, 0.3) is 0 Å². The van der Waals surface area contributed by atoms with Gasteiger partial charge in [-0.2, -0.15) is 4.31 Å². The van der Waals surface area contributed by atoms with E-state index in [-0.39, 0.29) is 21.2 Å². The number of carbonyl (C=O) groups excluding carboxylic acids is 1. The molecule has 0 unspecified atom stereocenters. The Bertz CT molecular complexity index is 932. The molecule has 1 amide bonds. The van der Waals surface area contributed by atoms with Crippen molar-refractivity contribution in [2.75, 3.05) is 18.4 Å². The van der Waals surface area contributed by atoms with Gasteiger partial charge in [-0.25, -0.2) is 17.2 Å². The molecule has 5 nitrogen and oxygen atoms in total. The van der Waals surface area contributed by atoms with Crippen molar-refractivity contribution in [3.05, 3.63) is 58.6 Å². The minimum absolute atomic E-state index is 0.00961. The molecule has 0 aliphatic rings. The van der Waals surface area contributed by atoms with Crippen LogP contribution in [0.4, 0.5) is 14.5 Å². The number of halogens is 3. The molecule has 0 saturated heterocycles. The average molecular weight is 403 g/mol. The molecule has 2 aromatic rings. The van der Waals surface area contributed by atoms with Crippen LogP contribution < -0.4 is 5.32 Å². The summed E-state index contributed by atoms with van der Waals surface area (Å²) < 4.78 is 52.8. The summed E-state index contributed by atoms with van der Waals surface area (Å²) in [6, 6.07) is 7.04. The van der Waals surface area contributed by atoms with Crippen LogP contribution in [0.5, 0.6) is 0 Å². The topological polar surface area (TPSA) is 66.5 Å². The highest BCUT2D eigenvalue weighted by Gasteiger charge is 2.22. The summed E-state index contributed by atoms with van der Waals surface area (Å²) in [7, 11) is -3.70. The number of hydrogen-bond acceptors (Lipinski definition) is 3. The lowest BCUT2D eigenvalue weighted by molar-refractivity contribution is 0.102. The van der Waals surface area contributed by atoms with E-state index in [0.29, 0.717) is 25.2 Å². The van der Waals surface area contributed by atoms with E-state index in [4.69, 9.17) is 11.6 Å². The quantitative estimate of drug-likeness (QED) is 0.745. The van der Waals surface area contributed by atoms with Gasteiger partial charge < -0.3 is 5.32 Å². The summed E-state index contributed by atoms with van der Waals surface area (Å²) in [5.41, 5.74) is -0.0772. The SMILES string of the molecule is CCN(CC)S(=O)(=O)c1cccc(NC(=O)c2cc(F)c(F)cc2Cl)c1. The third-order valence-electron chi connectivity index (χ3n) is 3.69. The Morgan fingerprint density at radius 3 is 2.35 bits per heavy atom. The molecule has 140 valence electrons. The Balaban J connectivity index is 2.32. The van der Waals surface area contributed by atoms with Crippen molar-refractivity contribution in [1.29, 1.82) is 0 Å². The summed E-state index contributed by atoms with van der Waals surface area (Å²) in [5, 5.41) is 2.18. The Morgan fingerprint density at radius 2 is 1.73 bits per heavy atom. The number of sulfonamides is 1. The lowest BCUT2D eigenvalue weighted by Gasteiger charge is -2.19. The third-order valence-corrected chi connectivity index (χ3v) is 6.05. The van der Waals surface area contributed by atoms with Gasteiger partial charge in [0.05, 0.1) is 15.5 Å². The van der Waals surface area contributed by atoms with Gasteiger partial charge in [0.25, 0.3) is 5.91 Å². The van der Waals surface area contributed by atoms with Gasteiger partial charge in [0.2, 0.25) is 10.0 Å². The molecule has 0 spiro atoms. The molecule has 0 saturated carbocycles. The van der Waals surface area contributed by atoms with Crippen LogP contribution in [0.15, 0.2) is 41.3 Å². The standard InChI is InChI=1S/C17H17ClF2N2O3S/c1-3-22(4-2)26(24,25)12-7-5-6-11(8-12)21-17(23)13-9-15(19)16(20)10-14(13)18/h5-10H,3-4H2,1-2H3,(H,21,23). The van der Waals surface area contributed by atoms with Crippen LogP contribution in [0.2, 0.25) is 5.02 Å². The Hall–Kier alpha value is -2.03. The van der Waals surface area contributed by atoms with E-state index < -0.39 is 27.6 Å². The van der Waals surface area contributed by atoms with Gasteiger partial charge in [0, 0.05) is 18.8 Å². The molecule has 2 aromatic carbocycles. The minimum atomic E-state index is -3.70. The number of nitrogens with zero attached hydrogens (tertiary/aromatic N) is 1. The van der Waals surface area contributed by atoms with Crippen LogP contribution >= 0.6 is 11.6 Å². The highest BCUT2D eigenvalue weighted by Crippen LogP contribution is 2.23. The fourth-order valence-corrected chi connectivity index (χ4v) is 4.08. The highest BCUT2D eigenvalue weighted by molar-refractivity contribution is 7.89. The molecule has 0 atom stereocenters. The Morgan fingerprint density at radius 1 is 1.12 bits per heavy atom. The van der Waals surface area contributed by atoms with Gasteiger partial charge in [0.15, 0.2) is 11.6 Å². The maximum atomic E-state index is 13.3. The van der Waals surface area contributed by atoms with E-state index in [1.165, 1.54) is 28.6 Å². The number of anilines is 1. The smallest absolute Gasteiger partial charge is 0.257 e. The summed E-state index contributed by atoms with van der Waals surface area (Å²) in [6.07, 6.45) is 0. The van der Waals surface area contributed by atoms with Crippen LogP contribution in [0, 0.1) is 11.6 Å².